The second-order valence-electron chi connectivity index (χ2n) is 9.43. The second kappa shape index (κ2) is 12.6. The number of amides is 1. The topological polar surface area (TPSA) is 85.3 Å². The average Bonchev–Trinajstić information content (AvgIpc) is 2.86. The van der Waals surface area contributed by atoms with E-state index in [0.29, 0.717) is 18.8 Å². The number of halogens is 4. The highest BCUT2D eigenvalue weighted by atomic mass is 19.4. The van der Waals surface area contributed by atoms with Gasteiger partial charge < -0.3 is 24.2 Å². The first-order valence-electron chi connectivity index (χ1n) is 12.2. The van der Waals surface area contributed by atoms with Crippen molar-refractivity contribution in [2.45, 2.75) is 44.8 Å². The molecule has 1 saturated carbocycles. The fraction of sp³-hybridized carbons (Fsp3) is 0.481. The lowest BCUT2D eigenvalue weighted by atomic mass is 9.82. The van der Waals surface area contributed by atoms with E-state index in [0.717, 1.165) is 43.2 Å². The minimum Gasteiger partial charge on any atom is -0.478 e. The van der Waals surface area contributed by atoms with Crippen molar-refractivity contribution in [3.05, 3.63) is 53.3 Å². The maximum absolute atomic E-state index is 15.4. The minimum atomic E-state index is -4.78. The summed E-state index contributed by atoms with van der Waals surface area (Å²) in [5.74, 6) is -4.43. The third-order valence-electron chi connectivity index (χ3n) is 6.64. The van der Waals surface area contributed by atoms with E-state index in [1.165, 1.54) is 25.2 Å². The van der Waals surface area contributed by atoms with Gasteiger partial charge in [0.2, 0.25) is 5.91 Å². The molecule has 0 aromatic heterocycles. The predicted octanol–water partition coefficient (Wildman–Crippen LogP) is 6.16. The molecule has 2 aromatic rings. The Balaban J connectivity index is 2.10. The number of hydrogen-bond donors (Lipinski definition) is 1. The molecule has 0 aliphatic heterocycles. The zero-order chi connectivity index (χ0) is 28.0. The van der Waals surface area contributed by atoms with Crippen LogP contribution in [0.5, 0.6) is 11.5 Å². The number of aromatic carboxylic acids is 1. The molecule has 7 nitrogen and oxygen atoms in total. The number of benzene rings is 2. The summed E-state index contributed by atoms with van der Waals surface area (Å²) in [7, 11) is 2.81. The maximum atomic E-state index is 15.4. The van der Waals surface area contributed by atoms with Crippen molar-refractivity contribution in [3.63, 3.8) is 0 Å². The number of hydrogen-bond acceptors (Lipinski definition) is 5. The van der Waals surface area contributed by atoms with Crippen LogP contribution in [0.25, 0.3) is 0 Å². The van der Waals surface area contributed by atoms with E-state index >= 15 is 4.39 Å². The summed E-state index contributed by atoms with van der Waals surface area (Å²) in [5, 5.41) is 9.99. The maximum Gasteiger partial charge on any atom is 0.419 e. The molecule has 1 amide bonds. The molecule has 208 valence electrons. The van der Waals surface area contributed by atoms with E-state index in [2.05, 4.69) is 6.92 Å². The van der Waals surface area contributed by atoms with E-state index in [-0.39, 0.29) is 18.9 Å². The third kappa shape index (κ3) is 6.82. The highest BCUT2D eigenvalue weighted by Gasteiger charge is 2.37. The quantitative estimate of drug-likeness (QED) is 0.363. The van der Waals surface area contributed by atoms with E-state index in [1.54, 1.807) is 0 Å². The van der Waals surface area contributed by atoms with Gasteiger partial charge in [0.25, 0.3) is 0 Å². The van der Waals surface area contributed by atoms with Crippen molar-refractivity contribution >= 4 is 17.6 Å². The lowest BCUT2D eigenvalue weighted by Gasteiger charge is -2.36. The highest BCUT2D eigenvalue weighted by molar-refractivity contribution is 6.03. The molecule has 1 N–H and O–H groups in total. The molecule has 1 aliphatic carbocycles. The normalized spacial score (nSPS) is 17.9. The Morgan fingerprint density at radius 2 is 1.63 bits per heavy atom. The number of ether oxygens (including phenoxy) is 3. The fourth-order valence-corrected chi connectivity index (χ4v) is 4.68. The molecule has 1 fully saturated rings. The van der Waals surface area contributed by atoms with Crippen LogP contribution in [-0.2, 0) is 20.4 Å². The lowest BCUT2D eigenvalue weighted by Crippen LogP contribution is -2.49. The Labute approximate surface area is 218 Å². The number of carboxylic acids is 1. The number of nitrogens with zero attached hydrogens (tertiary/aromatic N) is 1. The molecule has 0 saturated heterocycles. The van der Waals surface area contributed by atoms with Crippen LogP contribution in [0.1, 0.15) is 48.5 Å². The summed E-state index contributed by atoms with van der Waals surface area (Å²) in [6.07, 6.45) is -1.98. The van der Waals surface area contributed by atoms with Gasteiger partial charge in [-0.25, -0.2) is 9.18 Å². The summed E-state index contributed by atoms with van der Waals surface area (Å²) in [5.41, 5.74) is -1.92. The zero-order valence-corrected chi connectivity index (χ0v) is 21.4. The van der Waals surface area contributed by atoms with E-state index in [4.69, 9.17) is 14.2 Å². The molecule has 0 radical (unpaired) electrons. The van der Waals surface area contributed by atoms with Crippen LogP contribution in [-0.4, -0.2) is 50.5 Å². The Hall–Kier alpha value is -3.18. The van der Waals surface area contributed by atoms with Gasteiger partial charge in [-0.15, -0.1) is 0 Å². The SMILES string of the molecule is COCC(COC)N(C(=O)C1CCC(C)CC1)c1cc(F)c(Oc2ccccc2C(F)(F)F)cc1C(=O)O. The van der Waals surface area contributed by atoms with Gasteiger partial charge in [-0.1, -0.05) is 19.1 Å². The van der Waals surface area contributed by atoms with Gasteiger partial charge in [0, 0.05) is 32.3 Å². The van der Waals surface area contributed by atoms with E-state index < -0.39 is 58.5 Å². The number of para-hydroxylation sites is 1. The summed E-state index contributed by atoms with van der Waals surface area (Å²) >= 11 is 0. The molecular weight excluding hydrogens is 510 g/mol. The number of carboxylic acid groups (broad SMARTS) is 1. The van der Waals surface area contributed by atoms with Crippen molar-refractivity contribution in [2.24, 2.45) is 11.8 Å². The number of rotatable bonds is 10. The Morgan fingerprint density at radius 1 is 1.03 bits per heavy atom. The average molecular weight is 542 g/mol. The Kier molecular flexibility index (Phi) is 9.72. The zero-order valence-electron chi connectivity index (χ0n) is 21.4. The van der Waals surface area contributed by atoms with Crippen molar-refractivity contribution in [1.82, 2.24) is 0 Å². The summed E-state index contributed by atoms with van der Waals surface area (Å²) in [4.78, 5) is 27.2. The summed E-state index contributed by atoms with van der Waals surface area (Å²) < 4.78 is 71.3. The van der Waals surface area contributed by atoms with Crippen LogP contribution in [0, 0.1) is 17.7 Å². The van der Waals surface area contributed by atoms with Crippen LogP contribution >= 0.6 is 0 Å². The molecule has 0 unspecified atom stereocenters. The van der Waals surface area contributed by atoms with Crippen LogP contribution in [0.15, 0.2) is 36.4 Å². The van der Waals surface area contributed by atoms with Crippen LogP contribution in [0.4, 0.5) is 23.2 Å². The first kappa shape index (κ1) is 29.4. The molecule has 0 heterocycles. The van der Waals surface area contributed by atoms with Crippen LogP contribution in [0.3, 0.4) is 0 Å². The predicted molar refractivity (Wildman–Crippen MR) is 131 cm³/mol. The van der Waals surface area contributed by atoms with Crippen molar-refractivity contribution in [3.8, 4) is 11.5 Å². The summed E-state index contributed by atoms with van der Waals surface area (Å²) in [6, 6.07) is 5.01. The van der Waals surface area contributed by atoms with E-state index in [1.807, 2.05) is 0 Å². The lowest BCUT2D eigenvalue weighted by molar-refractivity contribution is -0.138. The molecule has 1 aliphatic rings. The van der Waals surface area contributed by atoms with E-state index in [9.17, 15) is 27.9 Å². The smallest absolute Gasteiger partial charge is 0.419 e. The molecule has 0 spiro atoms. The largest absolute Gasteiger partial charge is 0.478 e. The van der Waals surface area contributed by atoms with Crippen molar-refractivity contribution in [1.29, 1.82) is 0 Å². The molecule has 3 rings (SSSR count). The molecule has 2 aromatic carbocycles. The van der Waals surface area contributed by atoms with Gasteiger partial charge in [-0.05, 0) is 43.7 Å². The number of carbonyl (C=O) groups is 2. The van der Waals surface area contributed by atoms with Gasteiger partial charge >= 0.3 is 12.1 Å². The second-order valence-corrected chi connectivity index (χ2v) is 9.43. The van der Waals surface area contributed by atoms with Gasteiger partial charge in [-0.2, -0.15) is 13.2 Å². The van der Waals surface area contributed by atoms with Crippen molar-refractivity contribution < 1.29 is 46.5 Å². The number of carbonyl (C=O) groups excluding carboxylic acids is 1. The first-order chi connectivity index (χ1) is 18.0. The van der Waals surface area contributed by atoms with Gasteiger partial charge in [0.05, 0.1) is 36.1 Å². The van der Waals surface area contributed by atoms with Crippen LogP contribution < -0.4 is 9.64 Å². The highest BCUT2D eigenvalue weighted by Crippen LogP contribution is 2.40. The van der Waals surface area contributed by atoms with Crippen LogP contribution in [0.2, 0.25) is 0 Å². The summed E-state index contributed by atoms with van der Waals surface area (Å²) in [6.45, 7) is 2.03. The molecule has 0 atom stereocenters. The minimum absolute atomic E-state index is 0.0272. The molecule has 11 heteroatoms. The standard InChI is InChI=1S/C27H31F4NO6/c1-16-8-10-17(11-9-16)25(33)32(18(14-36-2)15-37-3)22-13-21(28)24(12-19(22)26(34)35)38-23-7-5-4-6-20(23)27(29,30)31/h4-7,12-13,16-18H,8-11,14-15H2,1-3H3,(H,34,35). The fourth-order valence-electron chi connectivity index (χ4n) is 4.68. The Morgan fingerprint density at radius 3 is 2.18 bits per heavy atom. The van der Waals surface area contributed by atoms with Gasteiger partial charge in [0.1, 0.15) is 5.75 Å². The Bertz CT molecular complexity index is 1130. The van der Waals surface area contributed by atoms with Crippen molar-refractivity contribution in [2.75, 3.05) is 32.3 Å². The van der Waals surface area contributed by atoms with Gasteiger partial charge in [-0.3, -0.25) is 4.79 Å². The molecular formula is C27H31F4NO6. The molecule has 38 heavy (non-hydrogen) atoms. The number of methoxy groups -OCH3 is 2. The monoisotopic (exact) mass is 541 g/mol. The first-order valence-corrected chi connectivity index (χ1v) is 12.2. The number of anilines is 1. The molecule has 0 bridgehead atoms. The van der Waals surface area contributed by atoms with Gasteiger partial charge in [0.15, 0.2) is 11.6 Å². The number of alkyl halides is 3. The third-order valence-corrected chi connectivity index (χ3v) is 6.64.